The molecule has 0 N–H and O–H groups in total. The van der Waals surface area contributed by atoms with Gasteiger partial charge in [-0.25, -0.2) is 0 Å². The third-order valence-corrected chi connectivity index (χ3v) is 2.12. The molecular formula is C10H12O. The van der Waals surface area contributed by atoms with E-state index in [2.05, 4.69) is 24.3 Å². The number of fused-ring (bicyclic) bond motifs is 1. The van der Waals surface area contributed by atoms with Crippen LogP contribution in [0.1, 0.15) is 12.8 Å². The molecule has 2 rings (SSSR count). The van der Waals surface area contributed by atoms with Crippen molar-refractivity contribution in [1.82, 2.24) is 0 Å². The van der Waals surface area contributed by atoms with Crippen LogP contribution in [0.5, 0.6) is 0 Å². The van der Waals surface area contributed by atoms with Crippen LogP contribution in [0.15, 0.2) is 36.1 Å². The minimum Gasteiger partial charge on any atom is -0.497 e. The monoisotopic (exact) mass is 148 g/mol. The summed E-state index contributed by atoms with van der Waals surface area (Å²) in [6.07, 6.45) is 12.9. The Bertz CT molecular complexity index is 223. The summed E-state index contributed by atoms with van der Waals surface area (Å²) < 4.78 is 5.52. The standard InChI is InChI=1S/C10H12O/c1-2-5-9-6-4-8-11-10(9)7-3-1/h1-3,5,7,9H,4,6,8H2. The lowest BCUT2D eigenvalue weighted by atomic mass is 9.99. The topological polar surface area (TPSA) is 9.23 Å². The zero-order valence-electron chi connectivity index (χ0n) is 6.49. The Kier molecular flexibility index (Phi) is 1.80. The maximum atomic E-state index is 5.52. The van der Waals surface area contributed by atoms with E-state index in [1.807, 2.05) is 6.08 Å². The van der Waals surface area contributed by atoms with Crippen molar-refractivity contribution in [3.05, 3.63) is 36.1 Å². The van der Waals surface area contributed by atoms with Gasteiger partial charge in [-0.05, 0) is 18.9 Å². The summed E-state index contributed by atoms with van der Waals surface area (Å²) >= 11 is 0. The molecule has 0 radical (unpaired) electrons. The third-order valence-electron chi connectivity index (χ3n) is 2.12. The van der Waals surface area contributed by atoms with Gasteiger partial charge in [-0.15, -0.1) is 0 Å². The van der Waals surface area contributed by atoms with Crippen LogP contribution in [0, 0.1) is 5.92 Å². The van der Waals surface area contributed by atoms with E-state index in [4.69, 9.17) is 4.74 Å². The highest BCUT2D eigenvalue weighted by Gasteiger charge is 2.17. The van der Waals surface area contributed by atoms with Crippen molar-refractivity contribution in [2.24, 2.45) is 5.92 Å². The second-order valence-corrected chi connectivity index (χ2v) is 2.94. The molecule has 2 aliphatic rings. The molecule has 0 aromatic carbocycles. The number of ether oxygens (including phenoxy) is 1. The number of allylic oxidation sites excluding steroid dienone is 5. The second kappa shape index (κ2) is 2.95. The number of rotatable bonds is 0. The van der Waals surface area contributed by atoms with Gasteiger partial charge in [0.15, 0.2) is 0 Å². The maximum Gasteiger partial charge on any atom is 0.103 e. The first kappa shape index (κ1) is 6.71. The molecule has 11 heavy (non-hydrogen) atoms. The van der Waals surface area contributed by atoms with E-state index in [1.165, 1.54) is 12.8 Å². The quantitative estimate of drug-likeness (QED) is 0.512. The Morgan fingerprint density at radius 1 is 1.27 bits per heavy atom. The Hall–Kier alpha value is -0.980. The zero-order chi connectivity index (χ0) is 7.52. The molecular weight excluding hydrogens is 136 g/mol. The fraction of sp³-hybridized carbons (Fsp3) is 0.400. The average Bonchev–Trinajstić information content (AvgIpc) is 2.28. The van der Waals surface area contributed by atoms with Crippen molar-refractivity contribution >= 4 is 0 Å². The van der Waals surface area contributed by atoms with E-state index < -0.39 is 0 Å². The van der Waals surface area contributed by atoms with Gasteiger partial charge < -0.3 is 4.74 Å². The third kappa shape index (κ3) is 1.37. The highest BCUT2D eigenvalue weighted by Crippen LogP contribution is 2.26. The van der Waals surface area contributed by atoms with Gasteiger partial charge in [-0.1, -0.05) is 24.3 Å². The van der Waals surface area contributed by atoms with E-state index >= 15 is 0 Å². The predicted molar refractivity (Wildman–Crippen MR) is 45.0 cm³/mol. The zero-order valence-corrected chi connectivity index (χ0v) is 6.49. The van der Waals surface area contributed by atoms with Crippen molar-refractivity contribution in [2.75, 3.05) is 6.61 Å². The van der Waals surface area contributed by atoms with Gasteiger partial charge in [-0.2, -0.15) is 0 Å². The highest BCUT2D eigenvalue weighted by molar-refractivity contribution is 5.23. The first-order valence-electron chi connectivity index (χ1n) is 4.15. The summed E-state index contributed by atoms with van der Waals surface area (Å²) in [5.74, 6) is 1.68. The van der Waals surface area contributed by atoms with Crippen molar-refractivity contribution in [2.45, 2.75) is 12.8 Å². The van der Waals surface area contributed by atoms with E-state index in [1.54, 1.807) is 0 Å². The lowest BCUT2D eigenvalue weighted by Gasteiger charge is -2.22. The first-order chi connectivity index (χ1) is 5.47. The molecule has 0 bridgehead atoms. The fourth-order valence-electron chi connectivity index (χ4n) is 1.52. The summed E-state index contributed by atoms with van der Waals surface area (Å²) in [5, 5.41) is 0. The van der Waals surface area contributed by atoms with E-state index in [9.17, 15) is 0 Å². The van der Waals surface area contributed by atoms with E-state index in [-0.39, 0.29) is 0 Å². The van der Waals surface area contributed by atoms with Crippen LogP contribution < -0.4 is 0 Å². The highest BCUT2D eigenvalue weighted by atomic mass is 16.5. The Labute approximate surface area is 67.1 Å². The van der Waals surface area contributed by atoms with Gasteiger partial charge in [0, 0.05) is 5.92 Å². The van der Waals surface area contributed by atoms with Gasteiger partial charge in [0.25, 0.3) is 0 Å². The minimum absolute atomic E-state index is 0.541. The Balaban J connectivity index is 2.21. The smallest absolute Gasteiger partial charge is 0.103 e. The van der Waals surface area contributed by atoms with Crippen molar-refractivity contribution in [3.63, 3.8) is 0 Å². The van der Waals surface area contributed by atoms with Crippen LogP contribution in [0.3, 0.4) is 0 Å². The molecule has 1 aliphatic heterocycles. The Morgan fingerprint density at radius 3 is 3.27 bits per heavy atom. The van der Waals surface area contributed by atoms with Gasteiger partial charge in [0.2, 0.25) is 0 Å². The van der Waals surface area contributed by atoms with Gasteiger partial charge in [0.1, 0.15) is 5.76 Å². The average molecular weight is 148 g/mol. The molecule has 0 aromatic heterocycles. The molecule has 0 spiro atoms. The van der Waals surface area contributed by atoms with Gasteiger partial charge >= 0.3 is 0 Å². The van der Waals surface area contributed by atoms with Crippen LogP contribution in [-0.4, -0.2) is 6.61 Å². The van der Waals surface area contributed by atoms with E-state index in [0.717, 1.165) is 12.4 Å². The summed E-state index contributed by atoms with van der Waals surface area (Å²) in [5.41, 5.74) is 0. The fourth-order valence-corrected chi connectivity index (χ4v) is 1.52. The molecule has 0 aromatic rings. The summed E-state index contributed by atoms with van der Waals surface area (Å²) in [6.45, 7) is 0.893. The van der Waals surface area contributed by atoms with Crippen molar-refractivity contribution in [3.8, 4) is 0 Å². The SMILES string of the molecule is C1=CC=C2OCCCC2C=C1. The van der Waals surface area contributed by atoms with Crippen molar-refractivity contribution < 1.29 is 4.74 Å². The van der Waals surface area contributed by atoms with Crippen LogP contribution in [0.4, 0.5) is 0 Å². The van der Waals surface area contributed by atoms with Crippen LogP contribution in [0.2, 0.25) is 0 Å². The Morgan fingerprint density at radius 2 is 2.27 bits per heavy atom. The molecule has 1 heterocycles. The molecule has 0 amide bonds. The summed E-state index contributed by atoms with van der Waals surface area (Å²) in [6, 6.07) is 0. The van der Waals surface area contributed by atoms with Crippen LogP contribution in [0.25, 0.3) is 0 Å². The minimum atomic E-state index is 0.541. The normalized spacial score (nSPS) is 28.4. The predicted octanol–water partition coefficient (Wildman–Crippen LogP) is 2.42. The van der Waals surface area contributed by atoms with E-state index in [0.29, 0.717) is 5.92 Å². The van der Waals surface area contributed by atoms with Crippen LogP contribution >= 0.6 is 0 Å². The molecule has 0 saturated carbocycles. The maximum absolute atomic E-state index is 5.52. The summed E-state index contributed by atoms with van der Waals surface area (Å²) in [4.78, 5) is 0. The molecule has 58 valence electrons. The first-order valence-corrected chi connectivity index (χ1v) is 4.15. The molecule has 1 unspecified atom stereocenters. The van der Waals surface area contributed by atoms with Crippen molar-refractivity contribution in [1.29, 1.82) is 0 Å². The summed E-state index contributed by atoms with van der Waals surface area (Å²) in [7, 11) is 0. The molecule has 1 atom stereocenters. The largest absolute Gasteiger partial charge is 0.497 e. The molecule has 1 aliphatic carbocycles. The molecule has 1 nitrogen and oxygen atoms in total. The van der Waals surface area contributed by atoms with Gasteiger partial charge in [0.05, 0.1) is 6.61 Å². The number of hydrogen-bond acceptors (Lipinski definition) is 1. The molecule has 1 heteroatoms. The lowest BCUT2D eigenvalue weighted by Crippen LogP contribution is -2.12. The van der Waals surface area contributed by atoms with Gasteiger partial charge in [-0.3, -0.25) is 0 Å². The lowest BCUT2D eigenvalue weighted by molar-refractivity contribution is 0.143. The van der Waals surface area contributed by atoms with Crippen LogP contribution in [-0.2, 0) is 4.74 Å². The number of hydrogen-bond donors (Lipinski definition) is 0. The second-order valence-electron chi connectivity index (χ2n) is 2.94. The molecule has 1 saturated heterocycles. The molecule has 1 fully saturated rings.